The Bertz CT molecular complexity index is 466. The standard InChI is InChI=1S/C16H22ClN/c1-4-10-7-14(10)18-15-13-8-12(17)6-5-11(13)9-16(15,2)3/h5-6,8,10,14-15,18H,4,7,9H2,1-3H3. The van der Waals surface area contributed by atoms with Gasteiger partial charge < -0.3 is 5.32 Å². The monoisotopic (exact) mass is 263 g/mol. The molecule has 1 saturated carbocycles. The minimum absolute atomic E-state index is 0.300. The number of benzene rings is 1. The molecule has 18 heavy (non-hydrogen) atoms. The van der Waals surface area contributed by atoms with E-state index >= 15 is 0 Å². The maximum Gasteiger partial charge on any atom is 0.0409 e. The Morgan fingerprint density at radius 2 is 2.17 bits per heavy atom. The molecule has 1 aromatic carbocycles. The Balaban J connectivity index is 1.86. The van der Waals surface area contributed by atoms with Crippen LogP contribution in [0.25, 0.3) is 0 Å². The van der Waals surface area contributed by atoms with Crippen molar-refractivity contribution in [1.29, 1.82) is 0 Å². The van der Waals surface area contributed by atoms with E-state index in [4.69, 9.17) is 11.6 Å². The molecule has 2 aliphatic rings. The molecule has 0 aromatic heterocycles. The van der Waals surface area contributed by atoms with Gasteiger partial charge in [0.15, 0.2) is 0 Å². The Morgan fingerprint density at radius 3 is 2.83 bits per heavy atom. The van der Waals surface area contributed by atoms with Crippen LogP contribution in [0.15, 0.2) is 18.2 Å². The summed E-state index contributed by atoms with van der Waals surface area (Å²) in [6.07, 6.45) is 3.80. The van der Waals surface area contributed by atoms with Crippen LogP contribution in [0.1, 0.15) is 50.8 Å². The molecule has 0 bridgehead atoms. The van der Waals surface area contributed by atoms with Crippen LogP contribution in [0.2, 0.25) is 5.02 Å². The summed E-state index contributed by atoms with van der Waals surface area (Å²) in [7, 11) is 0. The van der Waals surface area contributed by atoms with Gasteiger partial charge in [0, 0.05) is 17.1 Å². The number of hydrogen-bond acceptors (Lipinski definition) is 1. The van der Waals surface area contributed by atoms with Crippen LogP contribution in [0.4, 0.5) is 0 Å². The van der Waals surface area contributed by atoms with E-state index in [1.54, 1.807) is 0 Å². The van der Waals surface area contributed by atoms with Crippen molar-refractivity contribution in [2.75, 3.05) is 0 Å². The molecule has 0 heterocycles. The van der Waals surface area contributed by atoms with E-state index in [-0.39, 0.29) is 0 Å². The lowest BCUT2D eigenvalue weighted by molar-refractivity contribution is 0.264. The third-order valence-electron chi connectivity index (χ3n) is 4.67. The van der Waals surface area contributed by atoms with Crippen molar-refractivity contribution in [3.8, 4) is 0 Å². The lowest BCUT2D eigenvalue weighted by Crippen LogP contribution is -2.33. The van der Waals surface area contributed by atoms with E-state index in [0.29, 0.717) is 11.5 Å². The zero-order valence-electron chi connectivity index (χ0n) is 11.5. The Labute approximate surface area is 115 Å². The van der Waals surface area contributed by atoms with Gasteiger partial charge in [0.2, 0.25) is 0 Å². The molecule has 0 aliphatic heterocycles. The first-order valence-electron chi connectivity index (χ1n) is 7.05. The van der Waals surface area contributed by atoms with Crippen molar-refractivity contribution in [2.45, 2.75) is 52.1 Å². The summed E-state index contributed by atoms with van der Waals surface area (Å²) < 4.78 is 0. The predicted octanol–water partition coefficient (Wildman–Crippen LogP) is 4.35. The molecule has 0 radical (unpaired) electrons. The van der Waals surface area contributed by atoms with Gasteiger partial charge in [-0.3, -0.25) is 0 Å². The van der Waals surface area contributed by atoms with Crippen LogP contribution in [0.5, 0.6) is 0 Å². The van der Waals surface area contributed by atoms with Gasteiger partial charge in [-0.05, 0) is 47.4 Å². The molecule has 3 unspecified atom stereocenters. The van der Waals surface area contributed by atoms with Crippen LogP contribution in [-0.4, -0.2) is 6.04 Å². The van der Waals surface area contributed by atoms with Crippen LogP contribution in [-0.2, 0) is 6.42 Å². The van der Waals surface area contributed by atoms with Crippen LogP contribution < -0.4 is 5.32 Å². The summed E-state index contributed by atoms with van der Waals surface area (Å²) in [5.74, 6) is 0.893. The van der Waals surface area contributed by atoms with Crippen LogP contribution in [0, 0.1) is 11.3 Å². The van der Waals surface area contributed by atoms with Crippen molar-refractivity contribution in [3.05, 3.63) is 34.3 Å². The molecule has 0 saturated heterocycles. The molecule has 0 spiro atoms. The maximum atomic E-state index is 6.16. The summed E-state index contributed by atoms with van der Waals surface area (Å²) in [6, 6.07) is 7.57. The Kier molecular flexibility index (Phi) is 2.95. The normalized spacial score (nSPS) is 32.3. The molecular formula is C16H22ClN. The highest BCUT2D eigenvalue weighted by atomic mass is 35.5. The van der Waals surface area contributed by atoms with Gasteiger partial charge >= 0.3 is 0 Å². The molecule has 3 atom stereocenters. The first-order chi connectivity index (χ1) is 8.51. The quantitative estimate of drug-likeness (QED) is 0.855. The van der Waals surface area contributed by atoms with Crippen molar-refractivity contribution in [3.63, 3.8) is 0 Å². The van der Waals surface area contributed by atoms with Gasteiger partial charge in [0.1, 0.15) is 0 Å². The van der Waals surface area contributed by atoms with E-state index in [9.17, 15) is 0 Å². The smallest absolute Gasteiger partial charge is 0.0409 e. The second-order valence-corrected chi connectivity index (χ2v) is 7.06. The van der Waals surface area contributed by atoms with Gasteiger partial charge in [-0.2, -0.15) is 0 Å². The fourth-order valence-corrected chi connectivity index (χ4v) is 3.62. The lowest BCUT2D eigenvalue weighted by atomic mass is 9.85. The topological polar surface area (TPSA) is 12.0 Å². The van der Waals surface area contributed by atoms with E-state index in [2.05, 4.69) is 38.2 Å². The Hall–Kier alpha value is -0.530. The largest absolute Gasteiger partial charge is 0.306 e. The molecule has 1 aromatic rings. The summed E-state index contributed by atoms with van der Waals surface area (Å²) in [5, 5.41) is 4.73. The van der Waals surface area contributed by atoms with Gasteiger partial charge in [-0.15, -0.1) is 0 Å². The van der Waals surface area contributed by atoms with Crippen LogP contribution >= 0.6 is 11.6 Å². The van der Waals surface area contributed by atoms with Crippen molar-refractivity contribution in [2.24, 2.45) is 11.3 Å². The Morgan fingerprint density at radius 1 is 1.39 bits per heavy atom. The summed E-state index contributed by atoms with van der Waals surface area (Å²) >= 11 is 6.16. The molecule has 0 amide bonds. The van der Waals surface area contributed by atoms with E-state index in [1.165, 1.54) is 24.0 Å². The highest BCUT2D eigenvalue weighted by molar-refractivity contribution is 6.30. The minimum atomic E-state index is 0.300. The highest BCUT2D eigenvalue weighted by Gasteiger charge is 2.44. The molecule has 1 N–H and O–H groups in total. The third-order valence-corrected chi connectivity index (χ3v) is 4.91. The highest BCUT2D eigenvalue weighted by Crippen LogP contribution is 2.48. The first kappa shape index (κ1) is 12.5. The zero-order chi connectivity index (χ0) is 12.9. The average molecular weight is 264 g/mol. The number of fused-ring (bicyclic) bond motifs is 1. The van der Waals surface area contributed by atoms with Gasteiger partial charge in [-0.25, -0.2) is 0 Å². The second kappa shape index (κ2) is 4.25. The molecule has 98 valence electrons. The zero-order valence-corrected chi connectivity index (χ0v) is 12.2. The number of halogens is 1. The fourth-order valence-electron chi connectivity index (χ4n) is 3.44. The molecule has 1 nitrogen and oxygen atoms in total. The lowest BCUT2D eigenvalue weighted by Gasteiger charge is -2.29. The SMILES string of the molecule is CCC1CC1NC1c2cc(Cl)ccc2CC1(C)C. The maximum absolute atomic E-state index is 6.16. The molecule has 3 rings (SSSR count). The van der Waals surface area contributed by atoms with Gasteiger partial charge in [0.25, 0.3) is 0 Å². The van der Waals surface area contributed by atoms with E-state index < -0.39 is 0 Å². The minimum Gasteiger partial charge on any atom is -0.306 e. The number of rotatable bonds is 3. The summed E-state index contributed by atoms with van der Waals surface area (Å²) in [6.45, 7) is 7.01. The molecular weight excluding hydrogens is 242 g/mol. The molecule has 2 heteroatoms. The van der Waals surface area contributed by atoms with Crippen molar-refractivity contribution in [1.82, 2.24) is 5.32 Å². The number of nitrogens with one attached hydrogen (secondary N) is 1. The molecule has 1 fully saturated rings. The van der Waals surface area contributed by atoms with Crippen LogP contribution in [0.3, 0.4) is 0 Å². The predicted molar refractivity (Wildman–Crippen MR) is 77.0 cm³/mol. The second-order valence-electron chi connectivity index (χ2n) is 6.62. The fraction of sp³-hybridized carbons (Fsp3) is 0.625. The van der Waals surface area contributed by atoms with Gasteiger partial charge in [-0.1, -0.05) is 44.9 Å². The molecule has 2 aliphatic carbocycles. The van der Waals surface area contributed by atoms with E-state index in [1.807, 2.05) is 6.07 Å². The number of hydrogen-bond donors (Lipinski definition) is 1. The van der Waals surface area contributed by atoms with Crippen molar-refractivity contribution >= 4 is 11.6 Å². The third kappa shape index (κ3) is 2.08. The summed E-state index contributed by atoms with van der Waals surface area (Å²) in [4.78, 5) is 0. The summed E-state index contributed by atoms with van der Waals surface area (Å²) in [5.41, 5.74) is 3.19. The first-order valence-corrected chi connectivity index (χ1v) is 7.43. The average Bonchev–Trinajstić information content (AvgIpc) is 3.01. The van der Waals surface area contributed by atoms with E-state index in [0.717, 1.165) is 23.4 Å². The van der Waals surface area contributed by atoms with Crippen molar-refractivity contribution < 1.29 is 0 Å². The van der Waals surface area contributed by atoms with Gasteiger partial charge in [0.05, 0.1) is 0 Å².